The molecule has 0 bridgehead atoms. The molecule has 0 saturated heterocycles. The molecule has 0 radical (unpaired) electrons. The number of methoxy groups -OCH3 is 1. The summed E-state index contributed by atoms with van der Waals surface area (Å²) in [7, 11) is 1.62. The maximum atomic E-state index is 12.6. The van der Waals surface area contributed by atoms with Gasteiger partial charge in [0, 0.05) is 17.1 Å². The van der Waals surface area contributed by atoms with Gasteiger partial charge in [-0.05, 0) is 42.8 Å². The minimum atomic E-state index is -0.187. The summed E-state index contributed by atoms with van der Waals surface area (Å²) in [5, 5.41) is 10.6. The molecule has 3 heterocycles. The van der Waals surface area contributed by atoms with Crippen LogP contribution in [0.2, 0.25) is 0 Å². The summed E-state index contributed by atoms with van der Waals surface area (Å²) in [4.78, 5) is 20.3. The van der Waals surface area contributed by atoms with Gasteiger partial charge in [-0.2, -0.15) is 5.10 Å². The van der Waals surface area contributed by atoms with Gasteiger partial charge in [0.25, 0.3) is 5.91 Å². The molecule has 4 aromatic rings. The molecule has 3 N–H and O–H groups in total. The number of ether oxygens (including phenoxy) is 1. The predicted octanol–water partition coefficient (Wildman–Crippen LogP) is 3.45. The van der Waals surface area contributed by atoms with Crippen LogP contribution in [0.1, 0.15) is 29.0 Å². The van der Waals surface area contributed by atoms with Gasteiger partial charge in [-0.3, -0.25) is 9.89 Å². The van der Waals surface area contributed by atoms with Crippen LogP contribution in [-0.4, -0.2) is 33.2 Å². The number of fused-ring (bicyclic) bond motifs is 1. The smallest absolute Gasteiger partial charge is 0.268 e. The van der Waals surface area contributed by atoms with E-state index in [0.717, 1.165) is 28.0 Å². The lowest BCUT2D eigenvalue weighted by Gasteiger charge is -2.14. The van der Waals surface area contributed by atoms with Crippen molar-refractivity contribution < 1.29 is 9.53 Å². The minimum absolute atomic E-state index is 0.159. The topological polar surface area (TPSA) is 95.7 Å². The van der Waals surface area contributed by atoms with Crippen molar-refractivity contribution in [3.8, 4) is 17.0 Å². The number of benzene rings is 1. The molecule has 0 saturated carbocycles. The number of H-pyrrole nitrogens is 2. The molecule has 1 amide bonds. The average Bonchev–Trinajstić information content (AvgIpc) is 3.37. The fourth-order valence-corrected chi connectivity index (χ4v) is 2.95. The number of nitrogens with one attached hydrogen (secondary N) is 3. The molecule has 0 aliphatic rings. The number of rotatable bonds is 5. The van der Waals surface area contributed by atoms with Gasteiger partial charge in [-0.25, -0.2) is 4.98 Å². The molecule has 27 heavy (non-hydrogen) atoms. The Kier molecular flexibility index (Phi) is 4.33. The lowest BCUT2D eigenvalue weighted by atomic mass is 10.1. The Labute approximate surface area is 155 Å². The number of hydrogen-bond acceptors (Lipinski definition) is 4. The summed E-state index contributed by atoms with van der Waals surface area (Å²) < 4.78 is 5.24. The Morgan fingerprint density at radius 3 is 2.89 bits per heavy atom. The van der Waals surface area contributed by atoms with Gasteiger partial charge >= 0.3 is 0 Å². The number of nitrogens with zero attached hydrogens (tertiary/aromatic N) is 2. The van der Waals surface area contributed by atoms with Gasteiger partial charge in [0.05, 0.1) is 25.0 Å². The Bertz CT molecular complexity index is 1080. The van der Waals surface area contributed by atoms with Crippen molar-refractivity contribution in [2.45, 2.75) is 13.0 Å². The molecule has 1 atom stereocenters. The Hall–Kier alpha value is -3.61. The Balaban J connectivity index is 1.55. The molecule has 136 valence electrons. The summed E-state index contributed by atoms with van der Waals surface area (Å²) in [6, 6.07) is 13.1. The third kappa shape index (κ3) is 3.39. The van der Waals surface area contributed by atoms with Crippen LogP contribution in [0.25, 0.3) is 22.3 Å². The second-order valence-electron chi connectivity index (χ2n) is 6.28. The van der Waals surface area contributed by atoms with E-state index >= 15 is 0 Å². The maximum Gasteiger partial charge on any atom is 0.268 e. The van der Waals surface area contributed by atoms with Gasteiger partial charge in [-0.1, -0.05) is 12.1 Å². The quantitative estimate of drug-likeness (QED) is 0.507. The maximum absolute atomic E-state index is 12.6. The minimum Gasteiger partial charge on any atom is -0.497 e. The van der Waals surface area contributed by atoms with E-state index in [2.05, 4.69) is 25.5 Å². The summed E-state index contributed by atoms with van der Waals surface area (Å²) in [6.07, 6.45) is 3.49. The first-order valence-electron chi connectivity index (χ1n) is 8.58. The van der Waals surface area contributed by atoms with E-state index in [0.29, 0.717) is 11.3 Å². The molecule has 4 rings (SSSR count). The Morgan fingerprint density at radius 1 is 1.22 bits per heavy atom. The highest BCUT2D eigenvalue weighted by molar-refractivity contribution is 5.97. The van der Waals surface area contributed by atoms with Crippen LogP contribution in [-0.2, 0) is 0 Å². The highest BCUT2D eigenvalue weighted by Crippen LogP contribution is 2.22. The zero-order chi connectivity index (χ0) is 18.8. The summed E-state index contributed by atoms with van der Waals surface area (Å²) in [5.41, 5.74) is 3.78. The van der Waals surface area contributed by atoms with Crippen LogP contribution < -0.4 is 10.1 Å². The molecule has 0 unspecified atom stereocenters. The first-order valence-corrected chi connectivity index (χ1v) is 8.58. The summed E-state index contributed by atoms with van der Waals surface area (Å²) in [5.74, 6) is 0.573. The average molecular weight is 361 g/mol. The molecular weight excluding hydrogens is 342 g/mol. The van der Waals surface area contributed by atoms with Crippen LogP contribution in [0.5, 0.6) is 5.75 Å². The third-order valence-electron chi connectivity index (χ3n) is 4.46. The SMILES string of the molecule is COc1cccc([C@H](C)NC(=O)c2cc3ccc(-c4cn[nH]c4)nc3[nH]2)c1. The molecule has 7 heteroatoms. The molecule has 7 nitrogen and oxygen atoms in total. The van der Waals surface area contributed by atoms with Crippen molar-refractivity contribution >= 4 is 16.9 Å². The number of carbonyl (C=O) groups excluding carboxylic acids is 1. The monoisotopic (exact) mass is 361 g/mol. The van der Waals surface area contributed by atoms with E-state index < -0.39 is 0 Å². The molecule has 0 aliphatic carbocycles. The number of aromatic amines is 2. The largest absolute Gasteiger partial charge is 0.497 e. The van der Waals surface area contributed by atoms with Crippen molar-refractivity contribution in [2.75, 3.05) is 7.11 Å². The van der Waals surface area contributed by atoms with E-state index in [1.54, 1.807) is 25.6 Å². The second kappa shape index (κ2) is 6.95. The number of aromatic nitrogens is 4. The van der Waals surface area contributed by atoms with E-state index in [-0.39, 0.29) is 11.9 Å². The third-order valence-corrected chi connectivity index (χ3v) is 4.46. The zero-order valence-electron chi connectivity index (χ0n) is 15.0. The molecule has 3 aromatic heterocycles. The van der Waals surface area contributed by atoms with Crippen LogP contribution in [0, 0.1) is 0 Å². The van der Waals surface area contributed by atoms with Crippen LogP contribution in [0.15, 0.2) is 54.9 Å². The van der Waals surface area contributed by atoms with Gasteiger partial charge in [0.1, 0.15) is 17.1 Å². The first-order chi connectivity index (χ1) is 13.1. The second-order valence-corrected chi connectivity index (χ2v) is 6.28. The van der Waals surface area contributed by atoms with Crippen molar-refractivity contribution in [1.29, 1.82) is 0 Å². The van der Waals surface area contributed by atoms with E-state index in [1.165, 1.54) is 0 Å². The van der Waals surface area contributed by atoms with Crippen LogP contribution in [0.3, 0.4) is 0 Å². The van der Waals surface area contributed by atoms with Crippen molar-refractivity contribution in [3.63, 3.8) is 0 Å². The summed E-state index contributed by atoms with van der Waals surface area (Å²) in [6.45, 7) is 1.94. The van der Waals surface area contributed by atoms with Crippen molar-refractivity contribution in [2.24, 2.45) is 0 Å². The van der Waals surface area contributed by atoms with E-state index in [4.69, 9.17) is 4.74 Å². The Morgan fingerprint density at radius 2 is 2.11 bits per heavy atom. The molecule has 0 fully saturated rings. The highest BCUT2D eigenvalue weighted by Gasteiger charge is 2.15. The normalized spacial score (nSPS) is 12.1. The van der Waals surface area contributed by atoms with Gasteiger partial charge < -0.3 is 15.0 Å². The number of carbonyl (C=O) groups is 1. The van der Waals surface area contributed by atoms with Crippen LogP contribution in [0.4, 0.5) is 0 Å². The molecule has 0 spiro atoms. The number of hydrogen-bond donors (Lipinski definition) is 3. The van der Waals surface area contributed by atoms with Gasteiger partial charge in [0.15, 0.2) is 0 Å². The van der Waals surface area contributed by atoms with E-state index in [1.807, 2.05) is 43.3 Å². The first kappa shape index (κ1) is 16.8. The number of amides is 1. The van der Waals surface area contributed by atoms with Crippen LogP contribution >= 0.6 is 0 Å². The standard InChI is InChI=1S/C20H19N5O2/c1-12(13-4-3-5-16(8-13)27-2)23-20(26)18-9-14-6-7-17(24-19(14)25-18)15-10-21-22-11-15/h3-12H,1-2H3,(H,21,22)(H,23,26)(H,24,25)/t12-/m0/s1. The zero-order valence-corrected chi connectivity index (χ0v) is 15.0. The fourth-order valence-electron chi connectivity index (χ4n) is 2.95. The van der Waals surface area contributed by atoms with Crippen molar-refractivity contribution in [3.05, 3.63) is 66.1 Å². The van der Waals surface area contributed by atoms with E-state index in [9.17, 15) is 4.79 Å². The fraction of sp³-hybridized carbons (Fsp3) is 0.150. The lowest BCUT2D eigenvalue weighted by molar-refractivity contribution is 0.0935. The van der Waals surface area contributed by atoms with Crippen molar-refractivity contribution in [1.82, 2.24) is 25.5 Å². The summed E-state index contributed by atoms with van der Waals surface area (Å²) >= 11 is 0. The predicted molar refractivity (Wildman–Crippen MR) is 103 cm³/mol. The van der Waals surface area contributed by atoms with Gasteiger partial charge in [0.2, 0.25) is 0 Å². The van der Waals surface area contributed by atoms with Gasteiger partial charge in [-0.15, -0.1) is 0 Å². The molecule has 1 aromatic carbocycles. The molecular formula is C20H19N5O2. The highest BCUT2D eigenvalue weighted by atomic mass is 16.5. The lowest BCUT2D eigenvalue weighted by Crippen LogP contribution is -2.26. The number of pyridine rings is 1. The molecule has 0 aliphatic heterocycles.